The smallest absolute Gasteiger partial charge is 0.192 e. The van der Waals surface area contributed by atoms with Gasteiger partial charge in [0, 0.05) is 10.8 Å². The third-order valence-electron chi connectivity index (χ3n) is 8.93. The van der Waals surface area contributed by atoms with Gasteiger partial charge in [-0.1, -0.05) is 32.4 Å². The van der Waals surface area contributed by atoms with Gasteiger partial charge in [-0.3, -0.25) is 9.59 Å². The second-order valence-electron chi connectivity index (χ2n) is 9.34. The molecule has 148 valence electrons. The van der Waals surface area contributed by atoms with Crippen LogP contribution < -0.4 is 0 Å². The summed E-state index contributed by atoms with van der Waals surface area (Å²) in [6.45, 7) is 12.9. The van der Waals surface area contributed by atoms with Crippen LogP contribution in [-0.4, -0.2) is 10.9 Å². The van der Waals surface area contributed by atoms with Crippen molar-refractivity contribution in [3.05, 3.63) is 37.0 Å². The molecule has 2 nitrogen and oxygen atoms in total. The van der Waals surface area contributed by atoms with Gasteiger partial charge in [-0.2, -0.15) is 0 Å². The number of ketones is 1. The van der Waals surface area contributed by atoms with Crippen molar-refractivity contribution in [1.29, 1.82) is 0 Å². The first-order chi connectivity index (χ1) is 12.8. The highest BCUT2D eigenvalue weighted by atomic mass is 32.1. The Kier molecular flexibility index (Phi) is 5.40. The van der Waals surface area contributed by atoms with Gasteiger partial charge in [-0.05, 0) is 80.3 Å². The summed E-state index contributed by atoms with van der Waals surface area (Å²) in [7, 11) is 0. The highest BCUT2D eigenvalue weighted by molar-refractivity contribution is 7.96. The molecule has 0 bridgehead atoms. The van der Waals surface area contributed by atoms with Gasteiger partial charge in [0.2, 0.25) is 0 Å². The summed E-state index contributed by atoms with van der Waals surface area (Å²) in [5.74, 6) is 2.04. The average Bonchev–Trinajstić information content (AvgIpc) is 2.97. The van der Waals surface area contributed by atoms with Crippen LogP contribution in [0.15, 0.2) is 37.0 Å². The molecule has 0 aliphatic heterocycles. The topological polar surface area (TPSA) is 34.1 Å². The monoisotopic (exact) mass is 386 g/mol. The van der Waals surface area contributed by atoms with E-state index in [0.29, 0.717) is 17.8 Å². The Morgan fingerprint density at radius 1 is 1.19 bits per heavy atom. The predicted octanol–water partition coefficient (Wildman–Crippen LogP) is 5.95. The Morgan fingerprint density at radius 2 is 1.85 bits per heavy atom. The molecule has 0 saturated heterocycles. The van der Waals surface area contributed by atoms with Crippen molar-refractivity contribution < 1.29 is 9.59 Å². The van der Waals surface area contributed by atoms with Gasteiger partial charge in [-0.15, -0.1) is 25.8 Å². The number of allylic oxidation sites excluding steroid dienone is 4. The number of rotatable bonds is 2. The summed E-state index contributed by atoms with van der Waals surface area (Å²) in [5, 5.41) is 0.115. The number of fused-ring (bicyclic) bond motifs is 5. The fourth-order valence-corrected chi connectivity index (χ4v) is 7.94. The molecular weight excluding hydrogens is 352 g/mol. The van der Waals surface area contributed by atoms with Crippen LogP contribution in [0.1, 0.15) is 65.7 Å². The fourth-order valence-electron chi connectivity index (χ4n) is 7.41. The maximum absolute atomic E-state index is 12.6. The minimum Gasteiger partial charge on any atom is -0.290 e. The van der Waals surface area contributed by atoms with Crippen molar-refractivity contribution in [2.45, 2.75) is 65.7 Å². The van der Waals surface area contributed by atoms with Gasteiger partial charge in [0.05, 0.1) is 0 Å². The average molecular weight is 387 g/mol. The lowest BCUT2D eigenvalue weighted by Crippen LogP contribution is -2.53. The van der Waals surface area contributed by atoms with E-state index < -0.39 is 0 Å². The van der Waals surface area contributed by atoms with Crippen LogP contribution in [-0.2, 0) is 9.59 Å². The summed E-state index contributed by atoms with van der Waals surface area (Å²) in [4.78, 5) is 24.4. The van der Waals surface area contributed by atoms with Crippen LogP contribution in [0.2, 0.25) is 0 Å². The maximum Gasteiger partial charge on any atom is 0.192 e. The van der Waals surface area contributed by atoms with Crippen molar-refractivity contribution in [2.24, 2.45) is 34.0 Å². The first-order valence-electron chi connectivity index (χ1n) is 10.5. The highest BCUT2D eigenvalue weighted by Gasteiger charge is 2.65. The molecule has 0 spiro atoms. The maximum atomic E-state index is 12.6. The minimum absolute atomic E-state index is 0.0423. The first-order valence-corrected chi connectivity index (χ1v) is 10.9. The Morgan fingerprint density at radius 3 is 2.48 bits per heavy atom. The van der Waals surface area contributed by atoms with Gasteiger partial charge in [-0.25, -0.2) is 0 Å². The molecule has 3 heteroatoms. The molecule has 0 aromatic carbocycles. The van der Waals surface area contributed by atoms with Gasteiger partial charge in [0.1, 0.15) is 0 Å². The van der Waals surface area contributed by atoms with Crippen LogP contribution >= 0.6 is 12.6 Å². The Labute approximate surface area is 170 Å². The number of carbonyl (C=O) groups is 2. The Balaban J connectivity index is 0.00000102. The van der Waals surface area contributed by atoms with Crippen molar-refractivity contribution in [2.75, 3.05) is 0 Å². The van der Waals surface area contributed by atoms with Crippen LogP contribution in [0.3, 0.4) is 0 Å². The lowest BCUT2D eigenvalue weighted by molar-refractivity contribution is -0.133. The molecule has 4 aliphatic carbocycles. The van der Waals surface area contributed by atoms with Crippen molar-refractivity contribution >= 4 is 23.5 Å². The molecule has 0 aromatic rings. The van der Waals surface area contributed by atoms with E-state index in [1.165, 1.54) is 12.0 Å². The molecule has 3 fully saturated rings. The zero-order valence-electron chi connectivity index (χ0n) is 17.1. The van der Waals surface area contributed by atoms with E-state index in [1.54, 1.807) is 6.08 Å². The zero-order valence-corrected chi connectivity index (χ0v) is 18.0. The zero-order chi connectivity index (χ0) is 20.0. The molecule has 4 rings (SSSR count). The van der Waals surface area contributed by atoms with Crippen LogP contribution in [0.25, 0.3) is 0 Å². The molecule has 0 aromatic heterocycles. The molecule has 3 saturated carbocycles. The summed E-state index contributed by atoms with van der Waals surface area (Å²) in [6.07, 6.45) is 13.4. The van der Waals surface area contributed by atoms with E-state index in [4.69, 9.17) is 0 Å². The van der Waals surface area contributed by atoms with Crippen LogP contribution in [0.5, 0.6) is 0 Å². The largest absolute Gasteiger partial charge is 0.290 e. The number of hydrogen-bond acceptors (Lipinski definition) is 2. The molecule has 0 radical (unpaired) electrons. The molecule has 0 heterocycles. The second-order valence-corrected chi connectivity index (χ2v) is 9.75. The fraction of sp³-hybridized carbons (Fsp3) is 0.667. The van der Waals surface area contributed by atoms with Gasteiger partial charge in [0.15, 0.2) is 10.9 Å². The van der Waals surface area contributed by atoms with E-state index in [9.17, 15) is 9.59 Å². The standard InChI is InChI=1S/C22H30O2S.C2H4/c1-4-22(19(24)25)12-9-18-16-6-5-14-13-15(23)7-10-20(14,2)17(16)8-11-21(18,22)3;1-2/h7,10,13,16-18H,4-6,8-9,11-12H2,1-3H3,(H,24,25);1-2H2. The predicted molar refractivity (Wildman–Crippen MR) is 115 cm³/mol. The third-order valence-corrected chi connectivity index (χ3v) is 9.36. The van der Waals surface area contributed by atoms with E-state index in [2.05, 4.69) is 52.6 Å². The molecule has 27 heavy (non-hydrogen) atoms. The lowest BCUT2D eigenvalue weighted by atomic mass is 9.46. The SMILES string of the molecule is C=C.CCC1(C(=O)S)CCC2C3CCC4=CC(=O)C=CC4(C)C3CCC21C. The van der Waals surface area contributed by atoms with E-state index in [0.717, 1.165) is 38.5 Å². The van der Waals surface area contributed by atoms with Crippen molar-refractivity contribution in [3.8, 4) is 0 Å². The van der Waals surface area contributed by atoms with E-state index in [-0.39, 0.29) is 27.1 Å². The van der Waals surface area contributed by atoms with Crippen LogP contribution in [0.4, 0.5) is 0 Å². The Hall–Kier alpha value is -1.09. The molecular formula is C24H34O2S. The van der Waals surface area contributed by atoms with E-state index >= 15 is 0 Å². The molecule has 0 N–H and O–H groups in total. The number of thiol groups is 1. The summed E-state index contributed by atoms with van der Waals surface area (Å²) in [5.41, 5.74) is 1.24. The molecule has 4 aliphatic rings. The first kappa shape index (κ1) is 20.6. The third kappa shape index (κ3) is 2.68. The summed E-state index contributed by atoms with van der Waals surface area (Å²) in [6, 6.07) is 0. The number of carbonyl (C=O) groups excluding carboxylic acids is 2. The van der Waals surface area contributed by atoms with Crippen LogP contribution in [0, 0.1) is 34.0 Å². The molecule has 0 amide bonds. The summed E-state index contributed by atoms with van der Waals surface area (Å²) < 4.78 is 0. The Bertz CT molecular complexity index is 707. The van der Waals surface area contributed by atoms with Crippen molar-refractivity contribution in [3.63, 3.8) is 0 Å². The van der Waals surface area contributed by atoms with Gasteiger partial charge < -0.3 is 0 Å². The quantitative estimate of drug-likeness (QED) is 0.470. The summed E-state index contributed by atoms with van der Waals surface area (Å²) >= 11 is 4.35. The molecule has 6 atom stereocenters. The highest BCUT2D eigenvalue weighted by Crippen LogP contribution is 2.70. The minimum atomic E-state index is -0.235. The second kappa shape index (κ2) is 7.06. The molecule has 6 unspecified atom stereocenters. The normalized spacial score (nSPS) is 45.0. The van der Waals surface area contributed by atoms with Crippen molar-refractivity contribution in [1.82, 2.24) is 0 Å². The van der Waals surface area contributed by atoms with Gasteiger partial charge in [0.25, 0.3) is 0 Å². The number of hydrogen-bond donors (Lipinski definition) is 1. The lowest BCUT2D eigenvalue weighted by Gasteiger charge is -2.58. The van der Waals surface area contributed by atoms with E-state index in [1.807, 2.05) is 6.08 Å². The van der Waals surface area contributed by atoms with Gasteiger partial charge >= 0.3 is 0 Å².